The molecule has 0 radical (unpaired) electrons. The van der Waals surface area contributed by atoms with Gasteiger partial charge in [0.1, 0.15) is 18.0 Å². The van der Waals surface area contributed by atoms with Crippen LogP contribution in [0, 0.1) is 0 Å². The molecule has 1 aliphatic carbocycles. The van der Waals surface area contributed by atoms with Gasteiger partial charge in [-0.1, -0.05) is 0 Å². The Hall–Kier alpha value is -1.63. The van der Waals surface area contributed by atoms with E-state index in [1.165, 1.54) is 0 Å². The average molecular weight is 463 g/mol. The molecule has 150 valence electrons. The Bertz CT molecular complexity index is 782. The fourth-order valence-corrected chi connectivity index (χ4v) is 3.61. The van der Waals surface area contributed by atoms with Crippen molar-refractivity contribution in [2.24, 2.45) is 5.10 Å². The summed E-state index contributed by atoms with van der Waals surface area (Å²) in [5, 5.41) is 16.6. The highest BCUT2D eigenvalue weighted by molar-refractivity contribution is 9.10. The van der Waals surface area contributed by atoms with Gasteiger partial charge in [-0.05, 0) is 28.8 Å². The normalized spacial score (nSPS) is 23.1. The third-order valence-electron chi connectivity index (χ3n) is 4.29. The van der Waals surface area contributed by atoms with Gasteiger partial charge in [-0.25, -0.2) is 26.3 Å². The van der Waals surface area contributed by atoms with Crippen LogP contribution >= 0.6 is 15.9 Å². The third kappa shape index (κ3) is 3.58. The molecular formula is C14H13BrF6N4O2. The van der Waals surface area contributed by atoms with Crippen LogP contribution in [0.1, 0.15) is 43.0 Å². The Kier molecular flexibility index (Phi) is 5.27. The van der Waals surface area contributed by atoms with Gasteiger partial charge in [-0.2, -0.15) is 15.2 Å². The molecule has 0 spiro atoms. The van der Waals surface area contributed by atoms with Gasteiger partial charge in [0.25, 0.3) is 25.2 Å². The third-order valence-corrected chi connectivity index (χ3v) is 5.10. The summed E-state index contributed by atoms with van der Waals surface area (Å²) in [6, 6.07) is 0. The van der Waals surface area contributed by atoms with Crippen molar-refractivity contribution in [3.63, 3.8) is 0 Å². The molecular weight excluding hydrogens is 450 g/mol. The number of hydrazone groups is 1. The molecule has 2 aliphatic rings. The number of carbonyl (C=O) groups is 1. The van der Waals surface area contributed by atoms with Gasteiger partial charge in [-0.3, -0.25) is 9.48 Å². The number of hydrogen-bond donors (Lipinski definition) is 1. The Morgan fingerprint density at radius 1 is 1.22 bits per heavy atom. The summed E-state index contributed by atoms with van der Waals surface area (Å²) >= 11 is 3.01. The second-order valence-corrected chi connectivity index (χ2v) is 7.06. The SMILES string of the molecule is O=C(Cn1nc(C(F)F)c(Br)c1C1CC1)N1N=C(C(F)F)CC1(O)C(F)F. The molecule has 1 aromatic rings. The number of aromatic nitrogens is 2. The number of hydrogen-bond acceptors (Lipinski definition) is 4. The van der Waals surface area contributed by atoms with E-state index in [0.717, 1.165) is 4.68 Å². The van der Waals surface area contributed by atoms with Crippen LogP contribution in [0.4, 0.5) is 26.3 Å². The Labute approximate surface area is 156 Å². The van der Waals surface area contributed by atoms with E-state index in [1.54, 1.807) is 0 Å². The van der Waals surface area contributed by atoms with E-state index in [2.05, 4.69) is 26.1 Å². The number of aliphatic hydroxyl groups is 1. The van der Waals surface area contributed by atoms with Crippen LogP contribution in [-0.4, -0.2) is 50.1 Å². The van der Waals surface area contributed by atoms with Gasteiger partial charge >= 0.3 is 0 Å². The predicted molar refractivity (Wildman–Crippen MR) is 82.7 cm³/mol. The van der Waals surface area contributed by atoms with Crippen LogP contribution in [-0.2, 0) is 11.3 Å². The maximum Gasteiger partial charge on any atom is 0.287 e. The van der Waals surface area contributed by atoms with Crippen LogP contribution in [0.15, 0.2) is 9.57 Å². The van der Waals surface area contributed by atoms with Crippen LogP contribution in [0.25, 0.3) is 0 Å². The minimum Gasteiger partial charge on any atom is -0.364 e. The van der Waals surface area contributed by atoms with Crippen molar-refractivity contribution < 1.29 is 36.2 Å². The van der Waals surface area contributed by atoms with Crippen LogP contribution in [0.2, 0.25) is 0 Å². The predicted octanol–water partition coefficient (Wildman–Crippen LogP) is 3.27. The number of halogens is 7. The molecule has 1 atom stereocenters. The fraction of sp³-hybridized carbons (Fsp3) is 0.643. The number of carbonyl (C=O) groups excluding carboxylic acids is 1. The van der Waals surface area contributed by atoms with Gasteiger partial charge in [0, 0.05) is 12.3 Å². The molecule has 2 heterocycles. The lowest BCUT2D eigenvalue weighted by molar-refractivity contribution is -0.192. The lowest BCUT2D eigenvalue weighted by Gasteiger charge is -2.30. The van der Waals surface area contributed by atoms with Crippen molar-refractivity contribution in [3.8, 4) is 0 Å². The summed E-state index contributed by atoms with van der Waals surface area (Å²) in [6.07, 6.45) is -9.63. The fourth-order valence-electron chi connectivity index (χ4n) is 2.83. The van der Waals surface area contributed by atoms with Gasteiger partial charge < -0.3 is 5.11 Å². The van der Waals surface area contributed by atoms with Crippen LogP contribution in [0.3, 0.4) is 0 Å². The van der Waals surface area contributed by atoms with Crippen molar-refractivity contribution in [2.45, 2.75) is 56.7 Å². The molecule has 0 saturated heterocycles. The van der Waals surface area contributed by atoms with Gasteiger partial charge in [0.15, 0.2) is 0 Å². The topological polar surface area (TPSA) is 70.7 Å². The minimum atomic E-state index is -3.56. The standard InChI is InChI=1S/C14H13BrF6N4O2/c15-8-9(12(18)19)23-24(10(8)5-1-2-5)4-7(26)25-14(27,13(20)21)3-6(22-25)11(16)17/h5,11-13,27H,1-4H2. The summed E-state index contributed by atoms with van der Waals surface area (Å²) in [6.45, 7) is -0.813. The Morgan fingerprint density at radius 3 is 2.33 bits per heavy atom. The summed E-state index contributed by atoms with van der Waals surface area (Å²) < 4.78 is 79.1. The Morgan fingerprint density at radius 2 is 1.85 bits per heavy atom. The molecule has 6 nitrogen and oxygen atoms in total. The van der Waals surface area contributed by atoms with Crippen LogP contribution < -0.4 is 0 Å². The van der Waals surface area contributed by atoms with E-state index in [1.807, 2.05) is 0 Å². The van der Waals surface area contributed by atoms with Crippen molar-refractivity contribution >= 4 is 27.5 Å². The summed E-state index contributed by atoms with van der Waals surface area (Å²) in [4.78, 5) is 12.4. The molecule has 1 saturated carbocycles. The number of alkyl halides is 6. The van der Waals surface area contributed by atoms with E-state index in [-0.39, 0.29) is 21.1 Å². The Balaban J connectivity index is 1.91. The van der Waals surface area contributed by atoms with Crippen molar-refractivity contribution in [1.29, 1.82) is 0 Å². The maximum atomic E-state index is 13.2. The number of nitrogens with zero attached hydrogens (tertiary/aromatic N) is 4. The molecule has 27 heavy (non-hydrogen) atoms. The zero-order valence-corrected chi connectivity index (χ0v) is 15.0. The highest BCUT2D eigenvalue weighted by Gasteiger charge is 2.53. The summed E-state index contributed by atoms with van der Waals surface area (Å²) in [5.41, 5.74) is -4.62. The highest BCUT2D eigenvalue weighted by Crippen LogP contribution is 2.45. The average Bonchev–Trinajstić information content (AvgIpc) is 3.24. The monoisotopic (exact) mass is 462 g/mol. The maximum absolute atomic E-state index is 13.2. The summed E-state index contributed by atoms with van der Waals surface area (Å²) in [5.74, 6) is -1.41. The van der Waals surface area contributed by atoms with E-state index in [4.69, 9.17) is 0 Å². The van der Waals surface area contributed by atoms with E-state index in [0.29, 0.717) is 12.8 Å². The second-order valence-electron chi connectivity index (χ2n) is 6.27. The first-order chi connectivity index (χ1) is 12.6. The minimum absolute atomic E-state index is 0.00936. The number of rotatable bonds is 6. The lowest BCUT2D eigenvalue weighted by Crippen LogP contribution is -2.52. The smallest absolute Gasteiger partial charge is 0.287 e. The molecule has 0 aromatic carbocycles. The zero-order chi connectivity index (χ0) is 20.1. The molecule has 3 rings (SSSR count). The molecule has 1 unspecified atom stereocenters. The first kappa shape index (κ1) is 20.1. The van der Waals surface area contributed by atoms with Gasteiger partial charge in [-0.15, -0.1) is 0 Å². The van der Waals surface area contributed by atoms with E-state index in [9.17, 15) is 36.2 Å². The molecule has 1 fully saturated rings. The van der Waals surface area contributed by atoms with Gasteiger partial charge in [0.05, 0.1) is 10.2 Å². The largest absolute Gasteiger partial charge is 0.364 e. The first-order valence-electron chi connectivity index (χ1n) is 7.79. The second kappa shape index (κ2) is 7.08. The highest BCUT2D eigenvalue weighted by atomic mass is 79.9. The molecule has 13 heteroatoms. The summed E-state index contributed by atoms with van der Waals surface area (Å²) in [7, 11) is 0. The quantitative estimate of drug-likeness (QED) is 0.659. The molecule has 1 amide bonds. The van der Waals surface area contributed by atoms with Crippen LogP contribution in [0.5, 0.6) is 0 Å². The van der Waals surface area contributed by atoms with E-state index >= 15 is 0 Å². The van der Waals surface area contributed by atoms with Gasteiger partial charge in [0.2, 0.25) is 5.72 Å². The van der Waals surface area contributed by atoms with Crippen molar-refractivity contribution in [2.75, 3.05) is 0 Å². The molecule has 1 N–H and O–H groups in total. The zero-order valence-electron chi connectivity index (χ0n) is 13.4. The lowest BCUT2D eigenvalue weighted by atomic mass is 10.1. The molecule has 1 aliphatic heterocycles. The first-order valence-corrected chi connectivity index (χ1v) is 8.59. The van der Waals surface area contributed by atoms with Crippen molar-refractivity contribution in [1.82, 2.24) is 14.8 Å². The molecule has 0 bridgehead atoms. The van der Waals surface area contributed by atoms with E-state index < -0.39 is 55.3 Å². The molecule has 1 aromatic heterocycles. The van der Waals surface area contributed by atoms with Crippen molar-refractivity contribution in [3.05, 3.63) is 15.9 Å². The number of amides is 1.